The number of nitrogens with one attached hydrogen (secondary N) is 1. The van der Waals surface area contributed by atoms with Crippen molar-refractivity contribution < 1.29 is 9.90 Å². The number of carbonyl (C=O) groups is 1. The third-order valence-electron chi connectivity index (χ3n) is 3.51. The number of hydrogen-bond acceptors (Lipinski definition) is 4. The molecule has 5 heteroatoms. The largest absolute Gasteiger partial charge is 0.400 e. The molecule has 0 saturated carbocycles. The molecule has 0 unspecified atom stereocenters. The Hall–Kier alpha value is -2.24. The van der Waals surface area contributed by atoms with Gasteiger partial charge in [-0.1, -0.05) is 30.4 Å². The molecule has 0 aliphatic carbocycles. The van der Waals surface area contributed by atoms with Crippen LogP contribution in [0.15, 0.2) is 53.2 Å². The van der Waals surface area contributed by atoms with E-state index in [9.17, 15) is 4.79 Å². The van der Waals surface area contributed by atoms with Crippen LogP contribution in [-0.4, -0.2) is 56.4 Å². The fourth-order valence-electron chi connectivity index (χ4n) is 1.80. The highest BCUT2D eigenvalue weighted by Crippen LogP contribution is 2.06. The van der Waals surface area contributed by atoms with Gasteiger partial charge in [0.25, 0.3) is 5.91 Å². The SMILES string of the molecule is C=C(C)N=C/C(C)=C\C.CNCCCN(C)C(=O)c1ccc(C)cc1.CO. The highest BCUT2D eigenvalue weighted by atomic mass is 16.2. The van der Waals surface area contributed by atoms with Crippen LogP contribution in [0.5, 0.6) is 0 Å². The normalized spacial score (nSPS) is 10.4. The number of nitrogens with zero attached hydrogens (tertiary/aromatic N) is 2. The van der Waals surface area contributed by atoms with E-state index in [-0.39, 0.29) is 5.91 Å². The van der Waals surface area contributed by atoms with Gasteiger partial charge in [-0.2, -0.15) is 0 Å². The Balaban J connectivity index is 0. The summed E-state index contributed by atoms with van der Waals surface area (Å²) in [6, 6.07) is 7.70. The molecule has 0 spiro atoms. The van der Waals surface area contributed by atoms with Crippen LogP contribution in [0.1, 0.15) is 43.1 Å². The maximum atomic E-state index is 12.0. The zero-order chi connectivity index (χ0) is 21.2. The number of aliphatic hydroxyl groups is 1. The van der Waals surface area contributed by atoms with Gasteiger partial charge in [-0.15, -0.1) is 0 Å². The molecular formula is C22H37N3O2. The lowest BCUT2D eigenvalue weighted by atomic mass is 10.1. The van der Waals surface area contributed by atoms with Crippen LogP contribution in [0.4, 0.5) is 0 Å². The minimum absolute atomic E-state index is 0.0936. The van der Waals surface area contributed by atoms with Crippen LogP contribution in [0.25, 0.3) is 0 Å². The molecule has 0 atom stereocenters. The van der Waals surface area contributed by atoms with Crippen molar-refractivity contribution in [1.82, 2.24) is 10.2 Å². The molecule has 2 N–H and O–H groups in total. The van der Waals surface area contributed by atoms with Crippen molar-refractivity contribution in [2.75, 3.05) is 34.3 Å². The Morgan fingerprint density at radius 1 is 1.26 bits per heavy atom. The monoisotopic (exact) mass is 375 g/mol. The number of aliphatic hydroxyl groups excluding tert-OH is 1. The first-order chi connectivity index (χ1) is 12.8. The van der Waals surface area contributed by atoms with E-state index in [1.54, 1.807) is 4.90 Å². The molecule has 1 amide bonds. The molecular weight excluding hydrogens is 338 g/mol. The van der Waals surface area contributed by atoms with Crippen LogP contribution in [-0.2, 0) is 0 Å². The molecule has 0 aromatic heterocycles. The number of aryl methyl sites for hydroxylation is 1. The molecule has 1 aromatic rings. The van der Waals surface area contributed by atoms with E-state index < -0.39 is 0 Å². The van der Waals surface area contributed by atoms with Gasteiger partial charge in [0.1, 0.15) is 0 Å². The molecule has 0 saturated heterocycles. The summed E-state index contributed by atoms with van der Waals surface area (Å²) in [7, 11) is 4.76. The third kappa shape index (κ3) is 14.6. The van der Waals surface area contributed by atoms with E-state index in [1.165, 1.54) is 5.56 Å². The van der Waals surface area contributed by atoms with E-state index >= 15 is 0 Å². The van der Waals surface area contributed by atoms with Crippen LogP contribution in [0.2, 0.25) is 0 Å². The quantitative estimate of drug-likeness (QED) is 0.562. The van der Waals surface area contributed by atoms with Crippen molar-refractivity contribution in [2.24, 2.45) is 4.99 Å². The summed E-state index contributed by atoms with van der Waals surface area (Å²) in [4.78, 5) is 17.7. The van der Waals surface area contributed by atoms with Crippen molar-refractivity contribution in [3.05, 3.63) is 59.3 Å². The summed E-state index contributed by atoms with van der Waals surface area (Å²) in [5.41, 5.74) is 3.95. The lowest BCUT2D eigenvalue weighted by Gasteiger charge is -2.17. The number of hydrogen-bond donors (Lipinski definition) is 2. The van der Waals surface area contributed by atoms with Crippen molar-refractivity contribution >= 4 is 12.1 Å². The Morgan fingerprint density at radius 3 is 2.26 bits per heavy atom. The molecule has 152 valence electrons. The average molecular weight is 376 g/mol. The fraction of sp³-hybridized carbons (Fsp3) is 0.455. The Kier molecular flexibility index (Phi) is 17.2. The minimum Gasteiger partial charge on any atom is -0.400 e. The first-order valence-electron chi connectivity index (χ1n) is 9.05. The third-order valence-corrected chi connectivity index (χ3v) is 3.51. The summed E-state index contributed by atoms with van der Waals surface area (Å²) >= 11 is 0. The maximum Gasteiger partial charge on any atom is 0.253 e. The number of carbonyl (C=O) groups excluding carboxylic acids is 1. The second-order valence-corrected chi connectivity index (χ2v) is 6.08. The minimum atomic E-state index is 0.0936. The van der Waals surface area contributed by atoms with Crippen molar-refractivity contribution in [3.63, 3.8) is 0 Å². The Labute approximate surface area is 165 Å². The van der Waals surface area contributed by atoms with Gasteiger partial charge in [-0.25, -0.2) is 0 Å². The highest BCUT2D eigenvalue weighted by molar-refractivity contribution is 5.94. The topological polar surface area (TPSA) is 64.9 Å². The fourth-order valence-corrected chi connectivity index (χ4v) is 1.80. The van der Waals surface area contributed by atoms with Gasteiger partial charge in [-0.05, 0) is 65.4 Å². The zero-order valence-corrected chi connectivity index (χ0v) is 18.0. The van der Waals surface area contributed by atoms with E-state index in [0.717, 1.165) is 43.5 Å². The summed E-state index contributed by atoms with van der Waals surface area (Å²) in [6.45, 7) is 13.2. The number of benzene rings is 1. The summed E-state index contributed by atoms with van der Waals surface area (Å²) in [5, 5.41) is 10.1. The summed E-state index contributed by atoms with van der Waals surface area (Å²) in [6.07, 6.45) is 4.79. The van der Waals surface area contributed by atoms with E-state index in [1.807, 2.05) is 78.3 Å². The number of allylic oxidation sites excluding steroid dienone is 3. The van der Waals surface area contributed by atoms with Crippen molar-refractivity contribution in [1.29, 1.82) is 0 Å². The van der Waals surface area contributed by atoms with Gasteiger partial charge in [0.05, 0.1) is 0 Å². The van der Waals surface area contributed by atoms with Crippen LogP contribution in [0, 0.1) is 6.92 Å². The second-order valence-electron chi connectivity index (χ2n) is 6.08. The van der Waals surface area contributed by atoms with Crippen molar-refractivity contribution in [2.45, 2.75) is 34.1 Å². The van der Waals surface area contributed by atoms with Gasteiger partial charge < -0.3 is 15.3 Å². The Morgan fingerprint density at radius 2 is 1.81 bits per heavy atom. The molecule has 5 nitrogen and oxygen atoms in total. The van der Waals surface area contributed by atoms with E-state index in [4.69, 9.17) is 5.11 Å². The van der Waals surface area contributed by atoms with Gasteiger partial charge in [0, 0.05) is 38.2 Å². The highest BCUT2D eigenvalue weighted by Gasteiger charge is 2.10. The van der Waals surface area contributed by atoms with Crippen molar-refractivity contribution in [3.8, 4) is 0 Å². The molecule has 0 aliphatic heterocycles. The van der Waals surface area contributed by atoms with E-state index in [0.29, 0.717) is 0 Å². The van der Waals surface area contributed by atoms with Crippen LogP contribution >= 0.6 is 0 Å². The van der Waals surface area contributed by atoms with Gasteiger partial charge in [0.2, 0.25) is 0 Å². The molecule has 1 aromatic carbocycles. The van der Waals surface area contributed by atoms with Gasteiger partial charge in [-0.3, -0.25) is 9.79 Å². The van der Waals surface area contributed by atoms with E-state index in [2.05, 4.69) is 16.9 Å². The molecule has 0 aliphatic rings. The Bertz CT molecular complexity index is 590. The predicted molar refractivity (Wildman–Crippen MR) is 118 cm³/mol. The predicted octanol–water partition coefficient (Wildman–Crippen LogP) is 3.84. The molecule has 1 rings (SSSR count). The molecule has 0 bridgehead atoms. The molecule has 0 fully saturated rings. The van der Waals surface area contributed by atoms with Gasteiger partial charge in [0.15, 0.2) is 0 Å². The molecule has 27 heavy (non-hydrogen) atoms. The average Bonchev–Trinajstić information content (AvgIpc) is 2.68. The second kappa shape index (κ2) is 17.2. The maximum absolute atomic E-state index is 12.0. The summed E-state index contributed by atoms with van der Waals surface area (Å²) in [5.74, 6) is 0.0936. The van der Waals surface area contributed by atoms with Crippen LogP contribution in [0.3, 0.4) is 0 Å². The standard InChI is InChI=1S/C13H20N2O.C8H13N.CH4O/c1-11-5-7-12(8-6-11)13(16)15(3)10-4-9-14-2;1-5-8(4)6-9-7(2)3;1-2/h5-8,14H,4,9-10H2,1-3H3;5-6H,2H2,1,3-4H3;2H,1H3/b;8-5-,9-6?;. The lowest BCUT2D eigenvalue weighted by molar-refractivity contribution is 0.0793. The van der Waals surface area contributed by atoms with Crippen LogP contribution < -0.4 is 5.32 Å². The van der Waals surface area contributed by atoms with Gasteiger partial charge >= 0.3 is 0 Å². The zero-order valence-electron chi connectivity index (χ0n) is 18.0. The molecule has 0 radical (unpaired) electrons. The first-order valence-corrected chi connectivity index (χ1v) is 9.05. The number of rotatable bonds is 7. The molecule has 0 heterocycles. The number of amides is 1. The lowest BCUT2D eigenvalue weighted by Crippen LogP contribution is -2.29. The first kappa shape index (κ1) is 27.0. The summed E-state index contributed by atoms with van der Waals surface area (Å²) < 4.78 is 0. The number of aliphatic imine (C=N–C) groups is 1. The smallest absolute Gasteiger partial charge is 0.253 e.